The fourth-order valence-electron chi connectivity index (χ4n) is 3.39. The Morgan fingerprint density at radius 1 is 1.31 bits per heavy atom. The van der Waals surface area contributed by atoms with E-state index in [-0.39, 0.29) is 5.56 Å². The molecule has 2 aromatic carbocycles. The van der Waals surface area contributed by atoms with Gasteiger partial charge >= 0.3 is 6.16 Å². The molecule has 29 heavy (non-hydrogen) atoms. The molecule has 3 aromatic rings. The third-order valence-corrected chi connectivity index (χ3v) is 4.65. The lowest BCUT2D eigenvalue weighted by Crippen LogP contribution is -2.20. The number of aromatic nitrogens is 2. The first-order chi connectivity index (χ1) is 14.1. The van der Waals surface area contributed by atoms with Crippen LogP contribution < -0.4 is 15.8 Å². The van der Waals surface area contributed by atoms with Gasteiger partial charge < -0.3 is 14.7 Å². The van der Waals surface area contributed by atoms with Gasteiger partial charge in [-0.15, -0.1) is 0 Å². The summed E-state index contributed by atoms with van der Waals surface area (Å²) in [5.74, 6) is 1.38. The summed E-state index contributed by atoms with van der Waals surface area (Å²) in [7, 11) is 0. The molecule has 0 fully saturated rings. The highest BCUT2D eigenvalue weighted by Gasteiger charge is 2.21. The SMILES string of the molecule is CCOc1ccccc1C=C1CCn2c1nc1cc(NOC(=O)O)ccc1c2=O. The lowest BCUT2D eigenvalue weighted by Gasteiger charge is -2.09. The minimum Gasteiger partial charge on any atom is -0.493 e. The largest absolute Gasteiger partial charge is 0.530 e. The van der Waals surface area contributed by atoms with Crippen LogP contribution in [0.4, 0.5) is 10.5 Å². The van der Waals surface area contributed by atoms with Crippen LogP contribution >= 0.6 is 0 Å². The van der Waals surface area contributed by atoms with Crippen LogP contribution in [-0.4, -0.2) is 27.4 Å². The van der Waals surface area contributed by atoms with Crippen LogP contribution in [0.1, 0.15) is 24.7 Å². The van der Waals surface area contributed by atoms with Crippen LogP contribution in [0.3, 0.4) is 0 Å². The van der Waals surface area contributed by atoms with Crippen LogP contribution in [0, 0.1) is 0 Å². The molecule has 0 saturated carbocycles. The van der Waals surface area contributed by atoms with Crippen molar-refractivity contribution in [1.29, 1.82) is 0 Å². The number of hydrogen-bond acceptors (Lipinski definition) is 6. The Morgan fingerprint density at radius 2 is 2.14 bits per heavy atom. The van der Waals surface area contributed by atoms with Gasteiger partial charge in [-0.25, -0.2) is 15.3 Å². The molecule has 0 amide bonds. The van der Waals surface area contributed by atoms with Crippen molar-refractivity contribution in [3.05, 3.63) is 64.2 Å². The zero-order chi connectivity index (χ0) is 20.4. The van der Waals surface area contributed by atoms with E-state index in [1.54, 1.807) is 22.8 Å². The average molecular weight is 393 g/mol. The van der Waals surface area contributed by atoms with Crippen LogP contribution in [-0.2, 0) is 11.4 Å². The minimum atomic E-state index is -1.45. The van der Waals surface area contributed by atoms with Gasteiger partial charge in [-0.2, -0.15) is 0 Å². The number of benzene rings is 2. The third-order valence-electron chi connectivity index (χ3n) is 4.65. The summed E-state index contributed by atoms with van der Waals surface area (Å²) in [5.41, 5.74) is 4.91. The number of anilines is 1. The number of fused-ring (bicyclic) bond motifs is 2. The second-order valence-electron chi connectivity index (χ2n) is 6.48. The van der Waals surface area contributed by atoms with E-state index in [4.69, 9.17) is 9.84 Å². The van der Waals surface area contributed by atoms with E-state index < -0.39 is 6.16 Å². The topological polar surface area (TPSA) is 103 Å². The average Bonchev–Trinajstić information content (AvgIpc) is 3.11. The Kier molecular flexibility index (Phi) is 4.90. The van der Waals surface area contributed by atoms with Crippen molar-refractivity contribution in [1.82, 2.24) is 9.55 Å². The number of ether oxygens (including phenoxy) is 1. The first-order valence-electron chi connectivity index (χ1n) is 9.20. The molecular formula is C21H19N3O5. The minimum absolute atomic E-state index is 0.128. The molecule has 8 nitrogen and oxygen atoms in total. The number of allylic oxidation sites excluding steroid dienone is 1. The molecule has 8 heteroatoms. The van der Waals surface area contributed by atoms with Crippen molar-refractivity contribution >= 4 is 34.4 Å². The zero-order valence-electron chi connectivity index (χ0n) is 15.7. The summed E-state index contributed by atoms with van der Waals surface area (Å²) in [4.78, 5) is 32.5. The van der Waals surface area contributed by atoms with E-state index in [9.17, 15) is 9.59 Å². The van der Waals surface area contributed by atoms with E-state index in [2.05, 4.69) is 15.3 Å². The van der Waals surface area contributed by atoms with Crippen molar-refractivity contribution < 1.29 is 19.5 Å². The number of para-hydroxylation sites is 1. The molecule has 0 saturated heterocycles. The molecule has 1 aliphatic rings. The molecule has 2 N–H and O–H groups in total. The number of nitrogens with zero attached hydrogens (tertiary/aromatic N) is 2. The van der Waals surface area contributed by atoms with Crippen molar-refractivity contribution in [2.75, 3.05) is 12.1 Å². The quantitative estimate of drug-likeness (QED) is 0.636. The van der Waals surface area contributed by atoms with E-state index in [0.717, 1.165) is 16.9 Å². The van der Waals surface area contributed by atoms with Gasteiger partial charge in [-0.1, -0.05) is 18.2 Å². The van der Waals surface area contributed by atoms with Gasteiger partial charge in [-0.3, -0.25) is 9.36 Å². The third kappa shape index (κ3) is 3.64. The predicted molar refractivity (Wildman–Crippen MR) is 109 cm³/mol. The molecule has 0 unspecified atom stereocenters. The summed E-state index contributed by atoms with van der Waals surface area (Å²) in [6.45, 7) is 3.05. The van der Waals surface area contributed by atoms with E-state index in [1.807, 2.05) is 37.3 Å². The van der Waals surface area contributed by atoms with Crippen molar-refractivity contribution in [3.63, 3.8) is 0 Å². The van der Waals surface area contributed by atoms with Crippen LogP contribution in [0.2, 0.25) is 0 Å². The molecule has 0 radical (unpaired) electrons. The molecule has 4 rings (SSSR count). The molecule has 0 bridgehead atoms. The van der Waals surface area contributed by atoms with E-state index >= 15 is 0 Å². The van der Waals surface area contributed by atoms with Crippen LogP contribution in [0.5, 0.6) is 5.75 Å². The first-order valence-corrected chi connectivity index (χ1v) is 9.20. The highest BCUT2D eigenvalue weighted by atomic mass is 16.8. The Balaban J connectivity index is 1.78. The van der Waals surface area contributed by atoms with Gasteiger partial charge in [0.25, 0.3) is 5.56 Å². The highest BCUT2D eigenvalue weighted by molar-refractivity contribution is 5.87. The van der Waals surface area contributed by atoms with E-state index in [0.29, 0.717) is 42.0 Å². The summed E-state index contributed by atoms with van der Waals surface area (Å²) < 4.78 is 7.35. The molecule has 148 valence electrons. The van der Waals surface area contributed by atoms with Gasteiger partial charge in [0.1, 0.15) is 11.6 Å². The molecule has 1 aromatic heterocycles. The second kappa shape index (κ2) is 7.67. The lowest BCUT2D eigenvalue weighted by molar-refractivity contribution is 0.112. The lowest BCUT2D eigenvalue weighted by atomic mass is 10.1. The smallest absolute Gasteiger partial charge is 0.493 e. The molecule has 0 spiro atoms. The number of hydrogen-bond donors (Lipinski definition) is 2. The molecule has 0 aliphatic carbocycles. The molecule has 1 aliphatic heterocycles. The maximum Gasteiger partial charge on any atom is 0.530 e. The van der Waals surface area contributed by atoms with Crippen molar-refractivity contribution in [2.24, 2.45) is 0 Å². The fraction of sp³-hybridized carbons (Fsp3) is 0.190. The summed E-state index contributed by atoms with van der Waals surface area (Å²) in [6.07, 6.45) is 1.23. The van der Waals surface area contributed by atoms with Crippen molar-refractivity contribution in [2.45, 2.75) is 19.9 Å². The highest BCUT2D eigenvalue weighted by Crippen LogP contribution is 2.30. The zero-order valence-corrected chi connectivity index (χ0v) is 15.7. The summed E-state index contributed by atoms with van der Waals surface area (Å²) in [5, 5.41) is 9.09. The second-order valence-corrected chi connectivity index (χ2v) is 6.48. The molecule has 0 atom stereocenters. The predicted octanol–water partition coefficient (Wildman–Crippen LogP) is 3.76. The Bertz CT molecular complexity index is 1180. The first kappa shape index (κ1) is 18.5. The molecule has 2 heterocycles. The summed E-state index contributed by atoms with van der Waals surface area (Å²) >= 11 is 0. The summed E-state index contributed by atoms with van der Waals surface area (Å²) in [6, 6.07) is 12.5. The maximum absolute atomic E-state index is 12.9. The number of rotatable bonds is 5. The molecular weight excluding hydrogens is 374 g/mol. The number of carboxylic acid groups (broad SMARTS) is 1. The maximum atomic E-state index is 12.9. The number of carbonyl (C=O) groups is 1. The van der Waals surface area contributed by atoms with Gasteiger partial charge in [0.2, 0.25) is 0 Å². The standard InChI is InChI=1S/C21H19N3O5/c1-2-28-18-6-4-3-5-13(18)11-14-9-10-24-19(14)22-17-12-15(23-29-21(26)27)7-8-16(17)20(24)25/h3-8,11-12,23H,2,9-10H2,1H3,(H,26,27). The van der Waals surface area contributed by atoms with Crippen molar-refractivity contribution in [3.8, 4) is 5.75 Å². The van der Waals surface area contributed by atoms with Gasteiger partial charge in [0.05, 0.1) is 23.2 Å². The van der Waals surface area contributed by atoms with Gasteiger partial charge in [-0.05, 0) is 49.3 Å². The monoisotopic (exact) mass is 393 g/mol. The van der Waals surface area contributed by atoms with Crippen LogP contribution in [0.25, 0.3) is 22.6 Å². The van der Waals surface area contributed by atoms with Gasteiger partial charge in [0, 0.05) is 12.1 Å². The Morgan fingerprint density at radius 3 is 2.93 bits per heavy atom. The normalized spacial score (nSPS) is 14.0. The van der Waals surface area contributed by atoms with E-state index in [1.165, 1.54) is 0 Å². The fourth-order valence-corrected chi connectivity index (χ4v) is 3.39. The van der Waals surface area contributed by atoms with Gasteiger partial charge in [0.15, 0.2) is 0 Å². The number of nitrogens with one attached hydrogen (secondary N) is 1. The van der Waals surface area contributed by atoms with Crippen LogP contribution in [0.15, 0.2) is 47.3 Å². The Hall–Kier alpha value is -3.81. The Labute approximate surface area is 166 Å².